The molecule has 0 N–H and O–H groups in total. The number of ether oxygens (including phenoxy) is 1. The van der Waals surface area contributed by atoms with Crippen molar-refractivity contribution in [2.75, 3.05) is 0 Å². The summed E-state index contributed by atoms with van der Waals surface area (Å²) >= 11 is 0. The molecule has 2 rings (SSSR count). The summed E-state index contributed by atoms with van der Waals surface area (Å²) in [7, 11) is 0. The second-order valence-electron chi connectivity index (χ2n) is 4.42. The van der Waals surface area contributed by atoms with Crippen molar-refractivity contribution in [3.05, 3.63) is 23.0 Å². The van der Waals surface area contributed by atoms with E-state index in [9.17, 15) is 4.79 Å². The predicted molar refractivity (Wildman–Crippen MR) is 59.4 cm³/mol. The van der Waals surface area contributed by atoms with Crippen LogP contribution in [0.15, 0.2) is 23.0 Å². The van der Waals surface area contributed by atoms with E-state index in [0.717, 1.165) is 48.9 Å². The van der Waals surface area contributed by atoms with Gasteiger partial charge < -0.3 is 4.74 Å². The first kappa shape index (κ1) is 10.5. The van der Waals surface area contributed by atoms with Crippen LogP contribution in [-0.2, 0) is 9.53 Å². The molecule has 0 aliphatic heterocycles. The number of rotatable bonds is 3. The minimum atomic E-state index is 0.344. The Labute approximate surface area is 91.0 Å². The van der Waals surface area contributed by atoms with Gasteiger partial charge in [0.2, 0.25) is 0 Å². The normalized spacial score (nSPS) is 22.9. The number of carbonyl (C=O) groups is 1. The van der Waals surface area contributed by atoms with E-state index in [1.807, 2.05) is 6.92 Å². The molecule has 82 valence electrons. The Kier molecular flexibility index (Phi) is 3.24. The summed E-state index contributed by atoms with van der Waals surface area (Å²) in [5, 5.41) is 0. The van der Waals surface area contributed by atoms with Crippen LogP contribution in [0, 0.1) is 0 Å². The van der Waals surface area contributed by atoms with Gasteiger partial charge in [0.05, 0.1) is 6.10 Å². The molecule has 0 unspecified atom stereocenters. The summed E-state index contributed by atoms with van der Waals surface area (Å²) < 4.78 is 5.95. The minimum absolute atomic E-state index is 0.344. The lowest BCUT2D eigenvalue weighted by Crippen LogP contribution is -2.12. The quantitative estimate of drug-likeness (QED) is 0.663. The number of carbonyl (C=O) groups excluding carboxylic acids is 1. The van der Waals surface area contributed by atoms with Gasteiger partial charge in [-0.05, 0) is 51.0 Å². The molecule has 0 spiro atoms. The summed E-state index contributed by atoms with van der Waals surface area (Å²) in [6.07, 6.45) is 10.1. The molecule has 2 heteroatoms. The first-order valence-corrected chi connectivity index (χ1v) is 5.83. The molecule has 0 atom stereocenters. The molecule has 1 saturated carbocycles. The van der Waals surface area contributed by atoms with Gasteiger partial charge in [0.25, 0.3) is 0 Å². The molecule has 2 aliphatic carbocycles. The molecule has 0 heterocycles. The summed E-state index contributed by atoms with van der Waals surface area (Å²) in [5.74, 6) is 0.864. The van der Waals surface area contributed by atoms with Gasteiger partial charge in [-0.3, -0.25) is 4.79 Å². The van der Waals surface area contributed by atoms with Crippen LogP contribution in [0.4, 0.5) is 0 Å². The first-order valence-electron chi connectivity index (χ1n) is 5.83. The number of hydrogen-bond donors (Lipinski definition) is 0. The van der Waals surface area contributed by atoms with Crippen LogP contribution >= 0.6 is 0 Å². The van der Waals surface area contributed by atoms with Gasteiger partial charge in [-0.15, -0.1) is 0 Å². The van der Waals surface area contributed by atoms with Crippen molar-refractivity contribution in [2.24, 2.45) is 0 Å². The van der Waals surface area contributed by atoms with Gasteiger partial charge >= 0.3 is 0 Å². The van der Waals surface area contributed by atoms with Crippen LogP contribution in [-0.4, -0.2) is 12.4 Å². The van der Waals surface area contributed by atoms with Gasteiger partial charge in [0.1, 0.15) is 12.0 Å². The van der Waals surface area contributed by atoms with Gasteiger partial charge in [0, 0.05) is 5.57 Å². The molecule has 2 nitrogen and oxygen atoms in total. The number of hydrogen-bond acceptors (Lipinski definition) is 2. The average molecular weight is 206 g/mol. The largest absolute Gasteiger partial charge is 0.490 e. The highest BCUT2D eigenvalue weighted by Crippen LogP contribution is 2.30. The lowest BCUT2D eigenvalue weighted by atomic mass is 9.99. The van der Waals surface area contributed by atoms with Crippen molar-refractivity contribution in [3.8, 4) is 0 Å². The molecular weight excluding hydrogens is 188 g/mol. The van der Waals surface area contributed by atoms with Crippen molar-refractivity contribution in [1.29, 1.82) is 0 Å². The Morgan fingerprint density at radius 1 is 1.40 bits per heavy atom. The number of allylic oxidation sites excluding steroid dienone is 3. The van der Waals surface area contributed by atoms with Crippen LogP contribution in [0.25, 0.3) is 0 Å². The third-order valence-electron chi connectivity index (χ3n) is 3.24. The minimum Gasteiger partial charge on any atom is -0.490 e. The fourth-order valence-corrected chi connectivity index (χ4v) is 2.36. The predicted octanol–water partition coefficient (Wildman–Crippen LogP) is 3.14. The lowest BCUT2D eigenvalue weighted by Gasteiger charge is -2.21. The second-order valence-corrected chi connectivity index (χ2v) is 4.42. The van der Waals surface area contributed by atoms with Gasteiger partial charge in [-0.1, -0.05) is 6.08 Å². The van der Waals surface area contributed by atoms with Crippen LogP contribution in [0.3, 0.4) is 0 Å². The first-order chi connectivity index (χ1) is 7.31. The Balaban J connectivity index is 2.12. The summed E-state index contributed by atoms with van der Waals surface area (Å²) in [5.41, 5.74) is 1.98. The van der Waals surface area contributed by atoms with Crippen LogP contribution in [0.2, 0.25) is 0 Å². The topological polar surface area (TPSA) is 26.3 Å². The van der Waals surface area contributed by atoms with Crippen LogP contribution in [0.5, 0.6) is 0 Å². The number of aldehydes is 1. The second kappa shape index (κ2) is 4.65. The highest BCUT2D eigenvalue weighted by atomic mass is 16.5. The van der Waals surface area contributed by atoms with Crippen molar-refractivity contribution < 1.29 is 9.53 Å². The molecule has 2 aliphatic rings. The monoisotopic (exact) mass is 206 g/mol. The van der Waals surface area contributed by atoms with E-state index < -0.39 is 0 Å². The maximum atomic E-state index is 10.9. The standard InChI is InChI=1S/C13H18O2/c1-10-5-4-6-11(9-14)13(10)15-12-7-2-3-8-12/h5,9,12H,2-4,6-8H2,1H3. The van der Waals surface area contributed by atoms with E-state index in [1.165, 1.54) is 12.8 Å². The van der Waals surface area contributed by atoms with E-state index in [-0.39, 0.29) is 0 Å². The van der Waals surface area contributed by atoms with Crippen molar-refractivity contribution in [2.45, 2.75) is 51.6 Å². The fraction of sp³-hybridized carbons (Fsp3) is 0.615. The lowest BCUT2D eigenvalue weighted by molar-refractivity contribution is -0.105. The zero-order valence-corrected chi connectivity index (χ0v) is 9.29. The van der Waals surface area contributed by atoms with E-state index in [0.29, 0.717) is 6.10 Å². The Morgan fingerprint density at radius 2 is 2.13 bits per heavy atom. The zero-order valence-electron chi connectivity index (χ0n) is 9.29. The third kappa shape index (κ3) is 2.31. The van der Waals surface area contributed by atoms with E-state index >= 15 is 0 Å². The average Bonchev–Trinajstić information content (AvgIpc) is 2.74. The maximum Gasteiger partial charge on any atom is 0.149 e. The SMILES string of the molecule is CC1=CCCC(C=O)=C1OC1CCCC1. The van der Waals surface area contributed by atoms with Crippen LogP contribution in [0.1, 0.15) is 45.4 Å². The smallest absolute Gasteiger partial charge is 0.149 e. The van der Waals surface area contributed by atoms with Gasteiger partial charge in [0.15, 0.2) is 0 Å². The molecular formula is C13H18O2. The van der Waals surface area contributed by atoms with Gasteiger partial charge in [-0.25, -0.2) is 0 Å². The van der Waals surface area contributed by atoms with Gasteiger partial charge in [-0.2, -0.15) is 0 Å². The van der Waals surface area contributed by atoms with Crippen molar-refractivity contribution in [1.82, 2.24) is 0 Å². The summed E-state index contributed by atoms with van der Waals surface area (Å²) in [6.45, 7) is 2.03. The van der Waals surface area contributed by atoms with Crippen molar-refractivity contribution in [3.63, 3.8) is 0 Å². The van der Waals surface area contributed by atoms with Crippen LogP contribution < -0.4 is 0 Å². The summed E-state index contributed by atoms with van der Waals surface area (Å²) in [6, 6.07) is 0. The maximum absolute atomic E-state index is 10.9. The molecule has 15 heavy (non-hydrogen) atoms. The van der Waals surface area contributed by atoms with E-state index in [2.05, 4.69) is 6.08 Å². The molecule has 0 amide bonds. The molecule has 0 saturated heterocycles. The highest BCUT2D eigenvalue weighted by molar-refractivity contribution is 5.76. The molecule has 0 aromatic rings. The van der Waals surface area contributed by atoms with E-state index in [1.54, 1.807) is 0 Å². The molecule has 0 radical (unpaired) electrons. The highest BCUT2D eigenvalue weighted by Gasteiger charge is 2.21. The Bertz CT molecular complexity index is 306. The Hall–Kier alpha value is -1.05. The Morgan fingerprint density at radius 3 is 2.80 bits per heavy atom. The van der Waals surface area contributed by atoms with Crippen molar-refractivity contribution >= 4 is 6.29 Å². The molecule has 0 aromatic carbocycles. The molecule has 1 fully saturated rings. The zero-order chi connectivity index (χ0) is 10.7. The molecule has 0 bridgehead atoms. The fourth-order valence-electron chi connectivity index (χ4n) is 2.36. The molecule has 0 aromatic heterocycles. The third-order valence-corrected chi connectivity index (χ3v) is 3.24. The van der Waals surface area contributed by atoms with E-state index in [4.69, 9.17) is 4.74 Å². The summed E-state index contributed by atoms with van der Waals surface area (Å²) in [4.78, 5) is 10.9.